The maximum Gasteiger partial charge on any atom is 0.0166 e. The second-order valence-corrected chi connectivity index (χ2v) is 6.24. The molecule has 2 aliphatic rings. The van der Waals surface area contributed by atoms with Crippen molar-refractivity contribution >= 4 is 0 Å². The Morgan fingerprint density at radius 3 is 2.56 bits per heavy atom. The van der Waals surface area contributed by atoms with Crippen LogP contribution in [0.5, 0.6) is 0 Å². The average molecular weight is 224 g/mol. The van der Waals surface area contributed by atoms with Crippen molar-refractivity contribution in [1.29, 1.82) is 0 Å². The van der Waals surface area contributed by atoms with E-state index < -0.39 is 0 Å². The Bertz CT molecular complexity index is 209. The minimum atomic E-state index is 0.162. The first-order valence-electron chi connectivity index (χ1n) is 7.20. The molecule has 2 heteroatoms. The van der Waals surface area contributed by atoms with E-state index in [-0.39, 0.29) is 5.54 Å². The highest BCUT2D eigenvalue weighted by atomic mass is 14.9. The van der Waals surface area contributed by atoms with Crippen LogP contribution in [-0.4, -0.2) is 18.1 Å². The van der Waals surface area contributed by atoms with Gasteiger partial charge >= 0.3 is 0 Å². The molecule has 0 aromatic rings. The van der Waals surface area contributed by atoms with Crippen LogP contribution in [0.1, 0.15) is 64.7 Å². The van der Waals surface area contributed by atoms with Crippen molar-refractivity contribution in [3.8, 4) is 0 Å². The van der Waals surface area contributed by atoms with Crippen molar-refractivity contribution in [3.63, 3.8) is 0 Å². The van der Waals surface area contributed by atoms with Gasteiger partial charge in [-0.1, -0.05) is 26.2 Å². The maximum atomic E-state index is 6.43. The van der Waals surface area contributed by atoms with Crippen LogP contribution in [0.25, 0.3) is 0 Å². The van der Waals surface area contributed by atoms with Crippen molar-refractivity contribution in [2.45, 2.75) is 76.3 Å². The molecule has 0 saturated heterocycles. The molecule has 0 aromatic carbocycles. The van der Waals surface area contributed by atoms with E-state index in [1.807, 2.05) is 0 Å². The molecule has 2 fully saturated rings. The SMILES string of the molecule is CC1CCC(NCCC2(N)CCCCC2)C1. The summed E-state index contributed by atoms with van der Waals surface area (Å²) < 4.78 is 0. The topological polar surface area (TPSA) is 38.0 Å². The van der Waals surface area contributed by atoms with E-state index in [9.17, 15) is 0 Å². The fourth-order valence-electron chi connectivity index (χ4n) is 3.42. The molecule has 0 bridgehead atoms. The molecular formula is C14H28N2. The van der Waals surface area contributed by atoms with E-state index in [1.54, 1.807) is 0 Å². The first-order valence-corrected chi connectivity index (χ1v) is 7.20. The summed E-state index contributed by atoms with van der Waals surface area (Å²) in [7, 11) is 0. The van der Waals surface area contributed by atoms with Gasteiger partial charge in [0.05, 0.1) is 0 Å². The molecule has 2 saturated carbocycles. The largest absolute Gasteiger partial charge is 0.325 e. The Kier molecular flexibility index (Phi) is 4.26. The molecule has 0 aromatic heterocycles. The molecule has 16 heavy (non-hydrogen) atoms. The number of hydrogen-bond donors (Lipinski definition) is 2. The van der Waals surface area contributed by atoms with Gasteiger partial charge in [0.1, 0.15) is 0 Å². The molecule has 0 aliphatic heterocycles. The molecule has 2 unspecified atom stereocenters. The van der Waals surface area contributed by atoms with Gasteiger partial charge in [0.2, 0.25) is 0 Å². The molecule has 0 spiro atoms. The average Bonchev–Trinajstić information content (AvgIpc) is 2.65. The summed E-state index contributed by atoms with van der Waals surface area (Å²) in [6.07, 6.45) is 11.9. The number of nitrogens with two attached hydrogens (primary N) is 1. The molecule has 94 valence electrons. The van der Waals surface area contributed by atoms with Gasteiger partial charge in [0.15, 0.2) is 0 Å². The van der Waals surface area contributed by atoms with Gasteiger partial charge in [0.25, 0.3) is 0 Å². The smallest absolute Gasteiger partial charge is 0.0166 e. The Hall–Kier alpha value is -0.0800. The Morgan fingerprint density at radius 2 is 1.94 bits per heavy atom. The Labute approximate surface area is 100 Å². The van der Waals surface area contributed by atoms with E-state index in [1.165, 1.54) is 57.8 Å². The first kappa shape index (κ1) is 12.4. The third-order valence-corrected chi connectivity index (χ3v) is 4.60. The van der Waals surface area contributed by atoms with Crippen LogP contribution in [0.3, 0.4) is 0 Å². The zero-order valence-corrected chi connectivity index (χ0v) is 10.8. The van der Waals surface area contributed by atoms with Gasteiger partial charge < -0.3 is 11.1 Å². The molecule has 2 aliphatic carbocycles. The first-order chi connectivity index (χ1) is 7.68. The predicted molar refractivity (Wildman–Crippen MR) is 69.4 cm³/mol. The lowest BCUT2D eigenvalue weighted by Gasteiger charge is -2.34. The van der Waals surface area contributed by atoms with Gasteiger partial charge in [-0.3, -0.25) is 0 Å². The van der Waals surface area contributed by atoms with Crippen LogP contribution >= 0.6 is 0 Å². The van der Waals surface area contributed by atoms with E-state index >= 15 is 0 Å². The minimum Gasteiger partial charge on any atom is -0.325 e. The lowest BCUT2D eigenvalue weighted by Crippen LogP contribution is -2.44. The molecule has 2 rings (SSSR count). The second-order valence-electron chi connectivity index (χ2n) is 6.24. The van der Waals surface area contributed by atoms with Gasteiger partial charge in [-0.25, -0.2) is 0 Å². The molecule has 2 atom stereocenters. The highest BCUT2D eigenvalue weighted by Gasteiger charge is 2.27. The van der Waals surface area contributed by atoms with Gasteiger partial charge in [0, 0.05) is 11.6 Å². The summed E-state index contributed by atoms with van der Waals surface area (Å²) in [5.74, 6) is 0.930. The molecule has 0 heterocycles. The summed E-state index contributed by atoms with van der Waals surface area (Å²) in [5.41, 5.74) is 6.59. The van der Waals surface area contributed by atoms with Gasteiger partial charge in [-0.15, -0.1) is 0 Å². The lowest BCUT2D eigenvalue weighted by atomic mass is 9.80. The Morgan fingerprint density at radius 1 is 1.19 bits per heavy atom. The zero-order valence-electron chi connectivity index (χ0n) is 10.8. The molecule has 0 radical (unpaired) electrons. The molecular weight excluding hydrogens is 196 g/mol. The van der Waals surface area contributed by atoms with E-state index in [0.717, 1.165) is 18.5 Å². The maximum absolute atomic E-state index is 6.43. The van der Waals surface area contributed by atoms with E-state index in [0.29, 0.717) is 0 Å². The molecule has 2 nitrogen and oxygen atoms in total. The summed E-state index contributed by atoms with van der Waals surface area (Å²) >= 11 is 0. The quantitative estimate of drug-likeness (QED) is 0.770. The zero-order chi connectivity index (χ0) is 11.4. The van der Waals surface area contributed by atoms with Crippen molar-refractivity contribution in [1.82, 2.24) is 5.32 Å². The highest BCUT2D eigenvalue weighted by Crippen LogP contribution is 2.29. The number of hydrogen-bond acceptors (Lipinski definition) is 2. The van der Waals surface area contributed by atoms with Crippen molar-refractivity contribution < 1.29 is 0 Å². The van der Waals surface area contributed by atoms with Crippen LogP contribution in [0, 0.1) is 5.92 Å². The summed E-state index contributed by atoms with van der Waals surface area (Å²) in [6, 6.07) is 0.780. The standard InChI is InChI=1S/C14H28N2/c1-12-5-6-13(11-12)16-10-9-14(15)7-3-2-4-8-14/h12-13,16H,2-11,15H2,1H3. The normalized spacial score (nSPS) is 34.1. The predicted octanol–water partition coefficient (Wildman–Crippen LogP) is 2.82. The number of rotatable bonds is 4. The second kappa shape index (κ2) is 5.50. The van der Waals surface area contributed by atoms with Crippen molar-refractivity contribution in [2.75, 3.05) is 6.54 Å². The summed E-state index contributed by atoms with van der Waals surface area (Å²) in [5, 5.41) is 3.70. The van der Waals surface area contributed by atoms with Crippen LogP contribution in [-0.2, 0) is 0 Å². The van der Waals surface area contributed by atoms with Crippen molar-refractivity contribution in [2.24, 2.45) is 11.7 Å². The van der Waals surface area contributed by atoms with Crippen molar-refractivity contribution in [3.05, 3.63) is 0 Å². The van der Waals surface area contributed by atoms with E-state index in [4.69, 9.17) is 5.73 Å². The number of nitrogens with one attached hydrogen (secondary N) is 1. The third-order valence-electron chi connectivity index (χ3n) is 4.60. The van der Waals surface area contributed by atoms with Gasteiger partial charge in [-0.05, 0) is 51.0 Å². The Balaban J connectivity index is 1.63. The van der Waals surface area contributed by atoms with Crippen LogP contribution < -0.4 is 11.1 Å². The van der Waals surface area contributed by atoms with Crippen LogP contribution in [0.15, 0.2) is 0 Å². The lowest BCUT2D eigenvalue weighted by molar-refractivity contribution is 0.270. The summed E-state index contributed by atoms with van der Waals surface area (Å²) in [6.45, 7) is 3.50. The minimum absolute atomic E-state index is 0.162. The molecule has 3 N–H and O–H groups in total. The fraction of sp³-hybridized carbons (Fsp3) is 1.00. The fourth-order valence-corrected chi connectivity index (χ4v) is 3.42. The third kappa shape index (κ3) is 3.46. The summed E-state index contributed by atoms with van der Waals surface area (Å²) in [4.78, 5) is 0. The van der Waals surface area contributed by atoms with Crippen LogP contribution in [0.2, 0.25) is 0 Å². The molecule has 0 amide bonds. The van der Waals surface area contributed by atoms with E-state index in [2.05, 4.69) is 12.2 Å². The van der Waals surface area contributed by atoms with Crippen LogP contribution in [0.4, 0.5) is 0 Å². The monoisotopic (exact) mass is 224 g/mol. The van der Waals surface area contributed by atoms with Gasteiger partial charge in [-0.2, -0.15) is 0 Å². The highest BCUT2D eigenvalue weighted by molar-refractivity contribution is 4.88.